The smallest absolute Gasteiger partial charge is 0.00137 e. The third kappa shape index (κ3) is 5.27. The molecular weight excluding hydrogens is 793 g/mol. The largest absolute Gasteiger partial charge is 0.0617 e. The van der Waals surface area contributed by atoms with E-state index >= 15 is 0 Å². The van der Waals surface area contributed by atoms with Crippen LogP contribution in [0.3, 0.4) is 0 Å². The number of hydrogen-bond acceptors (Lipinski definition) is 0. The first-order valence-electron chi connectivity index (χ1n) is 23.6. The van der Waals surface area contributed by atoms with Crippen LogP contribution in [0, 0.1) is 55.4 Å². The lowest BCUT2D eigenvalue weighted by atomic mass is 9.84. The van der Waals surface area contributed by atoms with Gasteiger partial charge in [0, 0.05) is 0 Å². The van der Waals surface area contributed by atoms with E-state index in [4.69, 9.17) is 0 Å². The molecule has 13 rings (SSSR count). The lowest BCUT2D eigenvalue weighted by Crippen LogP contribution is -1.92. The molecule has 66 heavy (non-hydrogen) atoms. The molecule has 0 aliphatic heterocycles. The zero-order chi connectivity index (χ0) is 44.9. The van der Waals surface area contributed by atoms with Crippen LogP contribution in [0.5, 0.6) is 0 Å². The maximum atomic E-state index is 2.57. The fourth-order valence-corrected chi connectivity index (χ4v) is 12.8. The normalized spacial score (nSPS) is 12.2. The van der Waals surface area contributed by atoms with Crippen molar-refractivity contribution in [2.75, 3.05) is 0 Å². The summed E-state index contributed by atoms with van der Waals surface area (Å²) in [5.74, 6) is 0. The molecule has 0 heterocycles. The lowest BCUT2D eigenvalue weighted by molar-refractivity contribution is 1.38. The Labute approximate surface area is 386 Å². The molecule has 0 radical (unpaired) electrons. The van der Waals surface area contributed by atoms with Crippen molar-refractivity contribution in [3.8, 4) is 44.5 Å². The summed E-state index contributed by atoms with van der Waals surface area (Å²) in [5.41, 5.74) is 21.0. The highest BCUT2D eigenvalue weighted by Gasteiger charge is 2.25. The minimum atomic E-state index is 1.28. The van der Waals surface area contributed by atoms with Crippen molar-refractivity contribution in [1.29, 1.82) is 0 Å². The second-order valence-corrected chi connectivity index (χ2v) is 19.5. The molecule has 0 N–H and O–H groups in total. The Morgan fingerprint density at radius 1 is 0.197 bits per heavy atom. The highest BCUT2D eigenvalue weighted by Crippen LogP contribution is 2.52. The van der Waals surface area contributed by atoms with Crippen LogP contribution in [0.4, 0.5) is 0 Å². The minimum Gasteiger partial charge on any atom is -0.0617 e. The second kappa shape index (κ2) is 14.0. The zero-order valence-electron chi connectivity index (χ0n) is 39.0. The number of benzene rings is 11. The van der Waals surface area contributed by atoms with Crippen LogP contribution in [-0.4, -0.2) is 0 Å². The van der Waals surface area contributed by atoms with E-state index in [0.29, 0.717) is 0 Å². The Balaban J connectivity index is 1.25. The molecular formula is C66H50. The van der Waals surface area contributed by atoms with Crippen LogP contribution in [0.25, 0.3) is 131 Å². The van der Waals surface area contributed by atoms with E-state index < -0.39 is 0 Å². The SMILES string of the molecule is Cc1cccc(C)c1-c1ccc2c(c1)c1cc3c4cc5c6cc(-c7c(C)cccc7C)ccc6c6ccc(-c7c(C)cccc7C)c(c4ccc3c3c(-c4c(C)cccc4C)ccc2c13)c65. The van der Waals surface area contributed by atoms with Crippen LogP contribution in [0.15, 0.2) is 158 Å². The predicted octanol–water partition coefficient (Wildman–Crippen LogP) is 18.9. The van der Waals surface area contributed by atoms with Crippen molar-refractivity contribution in [2.24, 2.45) is 0 Å². The van der Waals surface area contributed by atoms with Crippen LogP contribution in [-0.2, 0) is 0 Å². The van der Waals surface area contributed by atoms with Gasteiger partial charge in [0.2, 0.25) is 0 Å². The molecule has 0 aromatic heterocycles. The summed E-state index contributed by atoms with van der Waals surface area (Å²) in [7, 11) is 0. The van der Waals surface area contributed by atoms with Gasteiger partial charge >= 0.3 is 0 Å². The minimum absolute atomic E-state index is 1.28. The second-order valence-electron chi connectivity index (χ2n) is 19.5. The van der Waals surface area contributed by atoms with Crippen molar-refractivity contribution in [3.05, 3.63) is 202 Å². The summed E-state index contributed by atoms with van der Waals surface area (Å²) >= 11 is 0. The molecule has 0 fully saturated rings. The molecule has 0 bridgehead atoms. The molecule has 13 aromatic carbocycles. The number of rotatable bonds is 4. The third-order valence-corrected chi connectivity index (χ3v) is 15.6. The first kappa shape index (κ1) is 38.9. The van der Waals surface area contributed by atoms with Crippen LogP contribution >= 0.6 is 0 Å². The highest BCUT2D eigenvalue weighted by atomic mass is 14.3. The Bertz CT molecular complexity index is 3880. The van der Waals surface area contributed by atoms with Crippen LogP contribution in [0.2, 0.25) is 0 Å². The Kier molecular flexibility index (Phi) is 8.24. The van der Waals surface area contributed by atoms with Gasteiger partial charge < -0.3 is 0 Å². The monoisotopic (exact) mass is 842 g/mol. The number of fused-ring (bicyclic) bond motifs is 11. The predicted molar refractivity (Wildman–Crippen MR) is 289 cm³/mol. The van der Waals surface area contributed by atoms with Gasteiger partial charge in [0.15, 0.2) is 0 Å². The summed E-state index contributed by atoms with van der Waals surface area (Å²) in [4.78, 5) is 0. The van der Waals surface area contributed by atoms with E-state index in [1.165, 1.54) is 175 Å². The van der Waals surface area contributed by atoms with Crippen molar-refractivity contribution in [2.45, 2.75) is 55.4 Å². The third-order valence-electron chi connectivity index (χ3n) is 15.6. The molecule has 0 spiro atoms. The molecule has 0 aliphatic rings. The van der Waals surface area contributed by atoms with E-state index in [2.05, 4.69) is 213 Å². The number of aryl methyl sites for hydroxylation is 8. The Hall–Kier alpha value is -7.54. The molecule has 0 nitrogen and oxygen atoms in total. The molecule has 314 valence electrons. The summed E-state index contributed by atoms with van der Waals surface area (Å²) in [6, 6.07) is 61.0. The maximum absolute atomic E-state index is 2.57. The topological polar surface area (TPSA) is 0 Å². The van der Waals surface area contributed by atoms with E-state index in [1.54, 1.807) is 0 Å². The van der Waals surface area contributed by atoms with Gasteiger partial charge in [0.05, 0.1) is 0 Å². The summed E-state index contributed by atoms with van der Waals surface area (Å²) in [6.07, 6.45) is 0. The Morgan fingerprint density at radius 3 is 0.818 bits per heavy atom. The molecule has 0 aliphatic carbocycles. The van der Waals surface area contributed by atoms with Gasteiger partial charge in [0.25, 0.3) is 0 Å². The highest BCUT2D eigenvalue weighted by molar-refractivity contribution is 6.42. The van der Waals surface area contributed by atoms with Gasteiger partial charge in [-0.15, -0.1) is 0 Å². The van der Waals surface area contributed by atoms with Crippen molar-refractivity contribution < 1.29 is 0 Å². The molecule has 13 aromatic rings. The summed E-state index contributed by atoms with van der Waals surface area (Å²) in [6.45, 7) is 18.1. The number of hydrogen-bond donors (Lipinski definition) is 0. The van der Waals surface area contributed by atoms with E-state index in [-0.39, 0.29) is 0 Å². The quantitative estimate of drug-likeness (QED) is 0.155. The summed E-state index contributed by atoms with van der Waals surface area (Å²) < 4.78 is 0. The molecule has 0 heteroatoms. The molecule has 0 amide bonds. The van der Waals surface area contributed by atoms with Crippen molar-refractivity contribution in [3.63, 3.8) is 0 Å². The van der Waals surface area contributed by atoms with Gasteiger partial charge in [-0.2, -0.15) is 0 Å². The summed E-state index contributed by atoms with van der Waals surface area (Å²) in [5, 5.41) is 21.2. The average molecular weight is 843 g/mol. The average Bonchev–Trinajstić information content (AvgIpc) is 3.79. The molecule has 0 unspecified atom stereocenters. The van der Waals surface area contributed by atoms with Gasteiger partial charge in [-0.3, -0.25) is 0 Å². The Morgan fingerprint density at radius 2 is 0.470 bits per heavy atom. The van der Waals surface area contributed by atoms with Crippen molar-refractivity contribution in [1.82, 2.24) is 0 Å². The van der Waals surface area contributed by atoms with Gasteiger partial charge in [-0.05, 0) is 255 Å². The van der Waals surface area contributed by atoms with E-state index in [1.807, 2.05) is 0 Å². The molecule has 0 saturated heterocycles. The van der Waals surface area contributed by atoms with E-state index in [9.17, 15) is 0 Å². The molecule has 0 atom stereocenters. The standard InChI is InChI=1S/C66H50/c1-35-13-9-14-36(2)59(35)43-21-23-45-47-27-29-51(61-39(5)17-11-18-40(61)6)63-49-25-26-50-56(55(49)33-57(65(47)63)53(45)31-43)34-58-54-32-44(60-37(3)15-10-16-38(60)4)22-24-46(54)48-28-30-52(64(50)66(48)58)62-41(7)19-12-20-42(62)8/h9-34H,1-8H3. The van der Waals surface area contributed by atoms with Crippen molar-refractivity contribution >= 4 is 86.2 Å². The fraction of sp³-hybridized carbons (Fsp3) is 0.121. The lowest BCUT2D eigenvalue weighted by Gasteiger charge is -2.18. The van der Waals surface area contributed by atoms with Crippen LogP contribution in [0.1, 0.15) is 44.5 Å². The van der Waals surface area contributed by atoms with Crippen LogP contribution < -0.4 is 0 Å². The fourth-order valence-electron chi connectivity index (χ4n) is 12.8. The first-order valence-corrected chi connectivity index (χ1v) is 23.6. The maximum Gasteiger partial charge on any atom is -0.00137 e. The zero-order valence-corrected chi connectivity index (χ0v) is 39.0. The van der Waals surface area contributed by atoms with Gasteiger partial charge in [0.1, 0.15) is 0 Å². The van der Waals surface area contributed by atoms with E-state index in [0.717, 1.165) is 0 Å². The van der Waals surface area contributed by atoms with Gasteiger partial charge in [-0.1, -0.05) is 133 Å². The van der Waals surface area contributed by atoms with Gasteiger partial charge in [-0.25, -0.2) is 0 Å². The molecule has 0 saturated carbocycles. The first-order chi connectivity index (χ1) is 32.1.